The topological polar surface area (TPSA) is 68.8 Å². The van der Waals surface area contributed by atoms with E-state index in [1.165, 1.54) is 11.1 Å². The van der Waals surface area contributed by atoms with E-state index in [0.29, 0.717) is 25.2 Å². The first-order valence-corrected chi connectivity index (χ1v) is 10.1. The zero-order valence-electron chi connectivity index (χ0n) is 18.4. The molecule has 2 aromatic carbocycles. The van der Waals surface area contributed by atoms with Crippen molar-refractivity contribution in [2.45, 2.75) is 26.9 Å². The van der Waals surface area contributed by atoms with Gasteiger partial charge in [-0.2, -0.15) is 0 Å². The van der Waals surface area contributed by atoms with Crippen molar-refractivity contribution >= 4 is 35.8 Å². The first kappa shape index (κ1) is 25.9. The Morgan fingerprint density at radius 1 is 1.00 bits per heavy atom. The van der Waals surface area contributed by atoms with Gasteiger partial charge in [-0.1, -0.05) is 42.0 Å². The molecule has 0 atom stereocenters. The summed E-state index contributed by atoms with van der Waals surface area (Å²) in [5, 5.41) is 9.56. The molecule has 0 radical (unpaired) electrons. The van der Waals surface area contributed by atoms with Crippen LogP contribution in [0.3, 0.4) is 0 Å². The van der Waals surface area contributed by atoms with Gasteiger partial charge in [-0.25, -0.2) is 4.99 Å². The number of aliphatic imine (C=N–C) groups is 1. The molecule has 0 aromatic heterocycles. The fourth-order valence-corrected chi connectivity index (χ4v) is 2.83. The van der Waals surface area contributed by atoms with E-state index in [4.69, 9.17) is 0 Å². The summed E-state index contributed by atoms with van der Waals surface area (Å²) in [7, 11) is 3.97. The molecule has 0 heterocycles. The summed E-state index contributed by atoms with van der Waals surface area (Å²) in [5.74, 6) is 0.712. The molecule has 0 aliphatic heterocycles. The number of hydrogen-bond acceptors (Lipinski definition) is 3. The van der Waals surface area contributed by atoms with Gasteiger partial charge >= 0.3 is 0 Å². The summed E-state index contributed by atoms with van der Waals surface area (Å²) in [6.07, 6.45) is 0. The normalized spacial score (nSPS) is 11.0. The lowest BCUT2D eigenvalue weighted by Gasteiger charge is -2.13. The van der Waals surface area contributed by atoms with Crippen LogP contribution in [0.4, 0.5) is 0 Å². The van der Waals surface area contributed by atoms with E-state index in [-0.39, 0.29) is 29.9 Å². The SMILES string of the molecule is CCNC(=NCc1cccc(C)c1)NCc1cccc(C(=O)NCCN(C)C)c1.I. The number of amides is 1. The van der Waals surface area contributed by atoms with E-state index in [9.17, 15) is 4.79 Å². The highest BCUT2D eigenvalue weighted by molar-refractivity contribution is 14.0. The molecular weight excluding hydrogens is 489 g/mol. The van der Waals surface area contributed by atoms with Gasteiger partial charge in [0, 0.05) is 31.7 Å². The van der Waals surface area contributed by atoms with Gasteiger partial charge in [-0.15, -0.1) is 24.0 Å². The van der Waals surface area contributed by atoms with Gasteiger partial charge < -0.3 is 20.9 Å². The van der Waals surface area contributed by atoms with Crippen LogP contribution in [0.15, 0.2) is 53.5 Å². The third-order valence-corrected chi connectivity index (χ3v) is 4.34. The molecular formula is C23H34IN5O. The number of carbonyl (C=O) groups excluding carboxylic acids is 1. The largest absolute Gasteiger partial charge is 0.357 e. The molecule has 164 valence electrons. The lowest BCUT2D eigenvalue weighted by atomic mass is 10.1. The summed E-state index contributed by atoms with van der Waals surface area (Å²) in [5.41, 5.74) is 4.12. The van der Waals surface area contributed by atoms with Crippen LogP contribution in [0, 0.1) is 6.92 Å². The monoisotopic (exact) mass is 523 g/mol. The molecule has 0 unspecified atom stereocenters. The van der Waals surface area contributed by atoms with Gasteiger partial charge in [0.05, 0.1) is 6.54 Å². The summed E-state index contributed by atoms with van der Waals surface area (Å²) < 4.78 is 0. The van der Waals surface area contributed by atoms with Gasteiger partial charge in [0.2, 0.25) is 0 Å². The maximum atomic E-state index is 12.3. The summed E-state index contributed by atoms with van der Waals surface area (Å²) >= 11 is 0. The fourth-order valence-electron chi connectivity index (χ4n) is 2.83. The summed E-state index contributed by atoms with van der Waals surface area (Å²) in [4.78, 5) is 19.0. The van der Waals surface area contributed by atoms with Gasteiger partial charge in [0.15, 0.2) is 5.96 Å². The van der Waals surface area contributed by atoms with Gasteiger partial charge in [-0.3, -0.25) is 4.79 Å². The van der Waals surface area contributed by atoms with E-state index in [0.717, 1.165) is 24.6 Å². The summed E-state index contributed by atoms with van der Waals surface area (Å²) in [6.45, 7) is 7.57. The van der Waals surface area contributed by atoms with Gasteiger partial charge in [0.25, 0.3) is 5.91 Å². The van der Waals surface area contributed by atoms with Crippen molar-refractivity contribution in [2.24, 2.45) is 4.99 Å². The molecule has 2 rings (SSSR count). The molecule has 0 aliphatic rings. The van der Waals surface area contributed by atoms with Crippen LogP contribution in [0.2, 0.25) is 0 Å². The number of aryl methyl sites for hydroxylation is 1. The van der Waals surface area contributed by atoms with Crippen LogP contribution in [0.5, 0.6) is 0 Å². The van der Waals surface area contributed by atoms with Crippen LogP contribution < -0.4 is 16.0 Å². The predicted molar refractivity (Wildman–Crippen MR) is 136 cm³/mol. The average molecular weight is 523 g/mol. The van der Waals surface area contributed by atoms with Crippen LogP contribution in [0.1, 0.15) is 34.0 Å². The fraction of sp³-hybridized carbons (Fsp3) is 0.391. The molecule has 1 amide bonds. The molecule has 0 fully saturated rings. The zero-order valence-corrected chi connectivity index (χ0v) is 20.7. The summed E-state index contributed by atoms with van der Waals surface area (Å²) in [6, 6.07) is 16.0. The molecule has 3 N–H and O–H groups in total. The number of likely N-dealkylation sites (N-methyl/N-ethyl adjacent to an activating group) is 1. The quantitative estimate of drug-likeness (QED) is 0.269. The van der Waals surface area contributed by atoms with Crippen molar-refractivity contribution < 1.29 is 4.79 Å². The maximum absolute atomic E-state index is 12.3. The minimum atomic E-state index is -0.0475. The highest BCUT2D eigenvalue weighted by Crippen LogP contribution is 2.07. The van der Waals surface area contributed by atoms with Crippen molar-refractivity contribution in [3.8, 4) is 0 Å². The van der Waals surface area contributed by atoms with Crippen molar-refractivity contribution in [1.82, 2.24) is 20.9 Å². The molecule has 0 saturated heterocycles. The minimum Gasteiger partial charge on any atom is -0.357 e. The molecule has 2 aromatic rings. The van der Waals surface area contributed by atoms with Crippen LogP contribution in [-0.2, 0) is 13.1 Å². The average Bonchev–Trinajstić information content (AvgIpc) is 2.70. The minimum absolute atomic E-state index is 0. The smallest absolute Gasteiger partial charge is 0.251 e. The van der Waals surface area contributed by atoms with Crippen molar-refractivity contribution in [3.05, 3.63) is 70.8 Å². The molecule has 6 nitrogen and oxygen atoms in total. The lowest BCUT2D eigenvalue weighted by Crippen LogP contribution is -2.36. The Morgan fingerprint density at radius 2 is 1.73 bits per heavy atom. The van der Waals surface area contributed by atoms with E-state index >= 15 is 0 Å². The molecule has 7 heteroatoms. The molecule has 0 aliphatic carbocycles. The number of carbonyl (C=O) groups is 1. The molecule has 0 bridgehead atoms. The van der Waals surface area contributed by atoms with Gasteiger partial charge in [-0.05, 0) is 51.2 Å². The Bertz CT molecular complexity index is 823. The number of hydrogen-bond donors (Lipinski definition) is 3. The molecule has 0 saturated carbocycles. The second-order valence-corrected chi connectivity index (χ2v) is 7.30. The Balaban J connectivity index is 0.00000450. The van der Waals surface area contributed by atoms with E-state index in [1.54, 1.807) is 0 Å². The Labute approximate surface area is 197 Å². The Kier molecular flexibility index (Phi) is 12.1. The van der Waals surface area contributed by atoms with E-state index < -0.39 is 0 Å². The lowest BCUT2D eigenvalue weighted by molar-refractivity contribution is 0.0951. The zero-order chi connectivity index (χ0) is 21.1. The number of nitrogens with zero attached hydrogens (tertiary/aromatic N) is 2. The number of benzene rings is 2. The predicted octanol–water partition coefficient (Wildman–Crippen LogP) is 3.16. The number of guanidine groups is 1. The number of halogens is 1. The maximum Gasteiger partial charge on any atom is 0.251 e. The van der Waals surface area contributed by atoms with Crippen LogP contribution in [0.25, 0.3) is 0 Å². The van der Waals surface area contributed by atoms with Crippen molar-refractivity contribution in [3.63, 3.8) is 0 Å². The van der Waals surface area contributed by atoms with Crippen molar-refractivity contribution in [2.75, 3.05) is 33.7 Å². The van der Waals surface area contributed by atoms with Crippen LogP contribution in [-0.4, -0.2) is 50.5 Å². The first-order chi connectivity index (χ1) is 14.0. The Morgan fingerprint density at radius 3 is 2.43 bits per heavy atom. The van der Waals surface area contributed by atoms with E-state index in [2.05, 4.69) is 52.1 Å². The molecule has 30 heavy (non-hydrogen) atoms. The highest BCUT2D eigenvalue weighted by atomic mass is 127. The second-order valence-electron chi connectivity index (χ2n) is 7.30. The Hall–Kier alpha value is -2.13. The van der Waals surface area contributed by atoms with Crippen LogP contribution >= 0.6 is 24.0 Å². The number of rotatable bonds is 9. The number of nitrogens with one attached hydrogen (secondary N) is 3. The molecule has 0 spiro atoms. The van der Waals surface area contributed by atoms with Gasteiger partial charge in [0.1, 0.15) is 0 Å². The second kappa shape index (κ2) is 14.0. The van der Waals surface area contributed by atoms with E-state index in [1.807, 2.05) is 50.2 Å². The highest BCUT2D eigenvalue weighted by Gasteiger charge is 2.06. The third-order valence-electron chi connectivity index (χ3n) is 4.34. The van der Waals surface area contributed by atoms with Crippen molar-refractivity contribution in [1.29, 1.82) is 0 Å². The first-order valence-electron chi connectivity index (χ1n) is 10.1. The standard InChI is InChI=1S/C23H33N5O.HI/c1-5-24-23(26-16-19-9-6-8-18(2)14-19)27-17-20-10-7-11-21(15-20)22(29)25-12-13-28(3)4;/h6-11,14-15H,5,12-13,16-17H2,1-4H3,(H,25,29)(H2,24,26,27);1H. The third kappa shape index (κ3) is 9.58.